The molecule has 0 N–H and O–H groups in total. The summed E-state index contributed by atoms with van der Waals surface area (Å²) in [5.74, 6) is -0.419. The van der Waals surface area contributed by atoms with Crippen LogP contribution in [0.3, 0.4) is 0 Å². The van der Waals surface area contributed by atoms with Crippen molar-refractivity contribution >= 4 is 12.1 Å². The molecule has 1 aliphatic heterocycles. The molecule has 1 atom stereocenters. The van der Waals surface area contributed by atoms with Crippen LogP contribution in [-0.2, 0) is 14.3 Å². The van der Waals surface area contributed by atoms with E-state index < -0.39 is 18.1 Å². The van der Waals surface area contributed by atoms with E-state index in [4.69, 9.17) is 4.74 Å². The van der Waals surface area contributed by atoms with E-state index in [-0.39, 0.29) is 6.61 Å². The van der Waals surface area contributed by atoms with Crippen LogP contribution >= 0.6 is 0 Å². The Kier molecular flexibility index (Phi) is 4.75. The van der Waals surface area contributed by atoms with Gasteiger partial charge in [-0.2, -0.15) is 0 Å². The maximum Gasteiger partial charge on any atom is 0.411 e. The van der Waals surface area contributed by atoms with Gasteiger partial charge in [-0.3, -0.25) is 4.90 Å². The fraction of sp³-hybridized carbons (Fsp3) is 0.500. The van der Waals surface area contributed by atoms with Gasteiger partial charge < -0.3 is 9.47 Å². The second kappa shape index (κ2) is 6.08. The highest BCUT2D eigenvalue weighted by molar-refractivity contribution is 5.83. The summed E-state index contributed by atoms with van der Waals surface area (Å²) in [5, 5.41) is 0. The van der Waals surface area contributed by atoms with Gasteiger partial charge in [0.1, 0.15) is 12.6 Å². The number of esters is 1. The van der Waals surface area contributed by atoms with E-state index in [1.807, 2.05) is 13.0 Å². The van der Waals surface area contributed by atoms with E-state index in [1.54, 1.807) is 0 Å². The first-order valence-electron chi connectivity index (χ1n) is 5.40. The number of methoxy groups -OCH3 is 1. The molecule has 17 heavy (non-hydrogen) atoms. The van der Waals surface area contributed by atoms with Gasteiger partial charge >= 0.3 is 12.1 Å². The number of likely N-dealkylation sites (tertiary alicyclic amines) is 1. The fourth-order valence-electron chi connectivity index (χ4n) is 1.71. The topological polar surface area (TPSA) is 55.8 Å². The average Bonchev–Trinajstić information content (AvgIpc) is 2.79. The normalized spacial score (nSPS) is 21.4. The van der Waals surface area contributed by atoms with Gasteiger partial charge in [0.25, 0.3) is 0 Å². The van der Waals surface area contributed by atoms with E-state index in [1.165, 1.54) is 18.1 Å². The molecule has 0 spiro atoms. The molecule has 0 aromatic heterocycles. The number of rotatable bonds is 3. The zero-order valence-electron chi connectivity index (χ0n) is 10.1. The van der Waals surface area contributed by atoms with Crippen LogP contribution in [0.2, 0.25) is 0 Å². The SMILES string of the molecule is C=CCOC(=O)N1C/C(=C/C)C[C@H]1C(=O)OC. The van der Waals surface area contributed by atoms with Crippen LogP contribution < -0.4 is 0 Å². The Morgan fingerprint density at radius 2 is 2.29 bits per heavy atom. The Morgan fingerprint density at radius 1 is 1.59 bits per heavy atom. The van der Waals surface area contributed by atoms with Gasteiger partial charge in [0.15, 0.2) is 0 Å². The minimum Gasteiger partial charge on any atom is -0.467 e. The zero-order chi connectivity index (χ0) is 12.8. The molecule has 0 bridgehead atoms. The summed E-state index contributed by atoms with van der Waals surface area (Å²) < 4.78 is 9.60. The molecule has 0 aliphatic carbocycles. The highest BCUT2D eigenvalue weighted by Gasteiger charge is 2.37. The van der Waals surface area contributed by atoms with Crippen LogP contribution in [0.5, 0.6) is 0 Å². The van der Waals surface area contributed by atoms with Crippen LogP contribution in [0, 0.1) is 0 Å². The number of carbonyl (C=O) groups is 2. The Bertz CT molecular complexity index is 348. The minimum atomic E-state index is -0.580. The van der Waals surface area contributed by atoms with Gasteiger partial charge in [-0.1, -0.05) is 24.3 Å². The smallest absolute Gasteiger partial charge is 0.411 e. The molecule has 1 aliphatic rings. The van der Waals surface area contributed by atoms with E-state index >= 15 is 0 Å². The minimum absolute atomic E-state index is 0.133. The van der Waals surface area contributed by atoms with Crippen molar-refractivity contribution in [1.29, 1.82) is 0 Å². The number of amides is 1. The molecule has 1 rings (SSSR count). The molecule has 5 heteroatoms. The summed E-state index contributed by atoms with van der Waals surface area (Å²) in [6.45, 7) is 5.88. The lowest BCUT2D eigenvalue weighted by Gasteiger charge is -2.21. The monoisotopic (exact) mass is 239 g/mol. The van der Waals surface area contributed by atoms with Crippen LogP contribution in [0.1, 0.15) is 13.3 Å². The van der Waals surface area contributed by atoms with Crippen molar-refractivity contribution in [1.82, 2.24) is 4.90 Å². The van der Waals surface area contributed by atoms with Gasteiger partial charge in [-0.05, 0) is 6.92 Å². The molecule has 1 heterocycles. The molecule has 1 saturated heterocycles. The van der Waals surface area contributed by atoms with E-state index in [0.29, 0.717) is 13.0 Å². The summed E-state index contributed by atoms with van der Waals surface area (Å²) in [6, 6.07) is -0.580. The van der Waals surface area contributed by atoms with Gasteiger partial charge in [-0.15, -0.1) is 0 Å². The molecule has 0 unspecified atom stereocenters. The maximum absolute atomic E-state index is 11.7. The van der Waals surface area contributed by atoms with Crippen molar-refractivity contribution in [3.63, 3.8) is 0 Å². The predicted molar refractivity (Wildman–Crippen MR) is 62.4 cm³/mol. The molecule has 1 amide bonds. The lowest BCUT2D eigenvalue weighted by atomic mass is 10.1. The van der Waals surface area contributed by atoms with E-state index in [2.05, 4.69) is 11.3 Å². The lowest BCUT2D eigenvalue weighted by Crippen LogP contribution is -2.41. The summed E-state index contributed by atoms with van der Waals surface area (Å²) in [6.07, 6.45) is 3.37. The van der Waals surface area contributed by atoms with Crippen molar-refractivity contribution in [2.24, 2.45) is 0 Å². The number of ether oxygens (including phenoxy) is 2. The lowest BCUT2D eigenvalue weighted by molar-refractivity contribution is -0.145. The summed E-state index contributed by atoms with van der Waals surface area (Å²) in [5.41, 5.74) is 1.02. The number of nitrogens with zero attached hydrogens (tertiary/aromatic N) is 1. The molecule has 0 radical (unpaired) electrons. The summed E-state index contributed by atoms with van der Waals surface area (Å²) in [7, 11) is 1.31. The number of hydrogen-bond acceptors (Lipinski definition) is 4. The van der Waals surface area contributed by atoms with Gasteiger partial charge in [0.05, 0.1) is 7.11 Å². The Hall–Kier alpha value is -1.78. The second-order valence-electron chi connectivity index (χ2n) is 3.68. The van der Waals surface area contributed by atoms with Crippen molar-refractivity contribution in [2.75, 3.05) is 20.3 Å². The molecule has 0 aromatic rings. The second-order valence-corrected chi connectivity index (χ2v) is 3.68. The first kappa shape index (κ1) is 13.3. The number of allylic oxidation sites excluding steroid dienone is 1. The van der Waals surface area contributed by atoms with Gasteiger partial charge in [-0.25, -0.2) is 9.59 Å². The summed E-state index contributed by atoms with van der Waals surface area (Å²) >= 11 is 0. The third-order valence-electron chi connectivity index (χ3n) is 2.65. The highest BCUT2D eigenvalue weighted by atomic mass is 16.6. The molecule has 0 aromatic carbocycles. The van der Waals surface area contributed by atoms with Gasteiger partial charge in [0.2, 0.25) is 0 Å². The number of hydrogen-bond donors (Lipinski definition) is 0. The molecule has 94 valence electrons. The van der Waals surface area contributed by atoms with Crippen LogP contribution in [0.4, 0.5) is 4.79 Å². The third kappa shape index (κ3) is 3.09. The summed E-state index contributed by atoms with van der Waals surface area (Å²) in [4.78, 5) is 24.6. The molecule has 5 nitrogen and oxygen atoms in total. The fourth-order valence-corrected chi connectivity index (χ4v) is 1.71. The average molecular weight is 239 g/mol. The van der Waals surface area contributed by atoms with E-state index in [0.717, 1.165) is 5.57 Å². The van der Waals surface area contributed by atoms with Crippen LogP contribution in [0.25, 0.3) is 0 Å². The zero-order valence-corrected chi connectivity index (χ0v) is 10.1. The molecular weight excluding hydrogens is 222 g/mol. The Labute approximate surface area is 101 Å². The molecule has 1 fully saturated rings. The number of carbonyl (C=O) groups excluding carboxylic acids is 2. The first-order valence-corrected chi connectivity index (χ1v) is 5.40. The third-order valence-corrected chi connectivity index (χ3v) is 2.65. The van der Waals surface area contributed by atoms with Crippen molar-refractivity contribution in [3.8, 4) is 0 Å². The quantitative estimate of drug-likeness (QED) is 0.553. The molecule has 0 saturated carbocycles. The van der Waals surface area contributed by atoms with Crippen molar-refractivity contribution in [2.45, 2.75) is 19.4 Å². The highest BCUT2D eigenvalue weighted by Crippen LogP contribution is 2.24. The maximum atomic E-state index is 11.7. The molecular formula is C12H17NO4. The van der Waals surface area contributed by atoms with E-state index in [9.17, 15) is 9.59 Å². The van der Waals surface area contributed by atoms with Crippen LogP contribution in [0.15, 0.2) is 24.3 Å². The van der Waals surface area contributed by atoms with Crippen molar-refractivity contribution in [3.05, 3.63) is 24.3 Å². The Balaban J connectivity index is 2.76. The standard InChI is InChI=1S/C12H17NO4/c1-4-6-17-12(15)13-8-9(5-2)7-10(13)11(14)16-3/h4-5,10H,1,6-8H2,2-3H3/b9-5+/t10-/m0/s1. The van der Waals surface area contributed by atoms with Crippen molar-refractivity contribution < 1.29 is 19.1 Å². The Morgan fingerprint density at radius 3 is 2.82 bits per heavy atom. The van der Waals surface area contributed by atoms with Gasteiger partial charge in [0, 0.05) is 13.0 Å². The predicted octanol–water partition coefficient (Wildman–Crippen LogP) is 1.50. The largest absolute Gasteiger partial charge is 0.467 e. The first-order chi connectivity index (χ1) is 8.13. The van der Waals surface area contributed by atoms with Crippen LogP contribution in [-0.4, -0.2) is 43.3 Å².